The van der Waals surface area contributed by atoms with Crippen LogP contribution in [-0.2, 0) is 26.6 Å². The van der Waals surface area contributed by atoms with E-state index in [1.165, 1.54) is 11.1 Å². The largest absolute Gasteiger partial charge is 0.505 e. The van der Waals surface area contributed by atoms with Crippen molar-refractivity contribution >= 4 is 18.9 Å². The van der Waals surface area contributed by atoms with Crippen molar-refractivity contribution in [3.8, 4) is 0 Å². The third-order valence-electron chi connectivity index (χ3n) is 5.93. The predicted molar refractivity (Wildman–Crippen MR) is 114 cm³/mol. The molecule has 27 heavy (non-hydrogen) atoms. The van der Waals surface area contributed by atoms with Crippen molar-refractivity contribution in [2.24, 2.45) is 17.8 Å². The van der Waals surface area contributed by atoms with Gasteiger partial charge in [0.25, 0.3) is 0 Å². The van der Waals surface area contributed by atoms with Crippen LogP contribution in [0.5, 0.6) is 0 Å². The lowest BCUT2D eigenvalue weighted by Crippen LogP contribution is -2.23. The molecule has 148 valence electrons. The second kappa shape index (κ2) is 10.1. The monoisotopic (exact) mass is 408 g/mol. The van der Waals surface area contributed by atoms with Gasteiger partial charge >= 0.3 is 0 Å². The number of aliphatic hydroxyl groups is 1. The van der Waals surface area contributed by atoms with Gasteiger partial charge in [-0.15, -0.1) is 0 Å². The van der Waals surface area contributed by atoms with E-state index in [1.54, 1.807) is 13.4 Å². The molecular formula is C21H30O4P2. The Balaban J connectivity index is 1.70. The van der Waals surface area contributed by atoms with Crippen LogP contribution in [0, 0.1) is 17.8 Å². The number of aliphatic hydroxyl groups excluding tert-OH is 1. The minimum atomic E-state index is -0.377. The molecule has 0 aliphatic heterocycles. The first kappa shape index (κ1) is 21.0. The molecule has 0 saturated heterocycles. The van der Waals surface area contributed by atoms with Crippen LogP contribution in [0.25, 0.3) is 0 Å². The van der Waals surface area contributed by atoms with Gasteiger partial charge in [-0.3, -0.25) is 0 Å². The van der Waals surface area contributed by atoms with Crippen LogP contribution in [0.4, 0.5) is 0 Å². The summed E-state index contributed by atoms with van der Waals surface area (Å²) in [6, 6.07) is 8.63. The van der Waals surface area contributed by atoms with Gasteiger partial charge in [0.1, 0.15) is 0 Å². The summed E-state index contributed by atoms with van der Waals surface area (Å²) in [5.74, 6) is 0.694. The molecule has 2 aliphatic rings. The van der Waals surface area contributed by atoms with Crippen molar-refractivity contribution in [3.63, 3.8) is 0 Å². The SMILES string of the molecule is COC=CC[C@H]1C(O)CC(OP)[C@@H]1C=CC(OP)C1Cc2ccccc2C1. The Morgan fingerprint density at radius 2 is 1.93 bits per heavy atom. The number of hydrogen-bond acceptors (Lipinski definition) is 4. The summed E-state index contributed by atoms with van der Waals surface area (Å²) in [5.41, 5.74) is 2.85. The van der Waals surface area contributed by atoms with E-state index in [0.29, 0.717) is 12.3 Å². The van der Waals surface area contributed by atoms with E-state index in [4.69, 9.17) is 13.8 Å². The zero-order valence-corrected chi connectivity index (χ0v) is 18.0. The second-order valence-electron chi connectivity index (χ2n) is 7.48. The topological polar surface area (TPSA) is 47.9 Å². The molecule has 0 heterocycles. The molecule has 0 aromatic heterocycles. The first-order valence-electron chi connectivity index (χ1n) is 9.50. The molecule has 1 saturated carbocycles. The van der Waals surface area contributed by atoms with E-state index in [9.17, 15) is 5.11 Å². The number of methoxy groups -OCH3 is 1. The number of benzene rings is 1. The van der Waals surface area contributed by atoms with E-state index in [1.807, 2.05) is 6.08 Å². The van der Waals surface area contributed by atoms with Gasteiger partial charge in [0.2, 0.25) is 0 Å². The zero-order valence-electron chi connectivity index (χ0n) is 15.7. The molecule has 6 heteroatoms. The molecule has 1 aromatic rings. The maximum absolute atomic E-state index is 10.5. The quantitative estimate of drug-likeness (QED) is 0.403. The number of ether oxygens (including phenoxy) is 1. The average Bonchev–Trinajstić information content (AvgIpc) is 3.24. The first-order valence-corrected chi connectivity index (χ1v) is 10.4. The van der Waals surface area contributed by atoms with Gasteiger partial charge in [-0.1, -0.05) is 36.4 Å². The summed E-state index contributed by atoms with van der Waals surface area (Å²) < 4.78 is 16.3. The van der Waals surface area contributed by atoms with Gasteiger partial charge in [0.05, 0.1) is 31.7 Å². The molecule has 1 fully saturated rings. The summed E-state index contributed by atoms with van der Waals surface area (Å²) in [7, 11) is 6.41. The van der Waals surface area contributed by atoms with E-state index < -0.39 is 0 Å². The highest BCUT2D eigenvalue weighted by molar-refractivity contribution is 7.10. The molecule has 1 aromatic carbocycles. The highest BCUT2D eigenvalue weighted by atomic mass is 31.0. The van der Waals surface area contributed by atoms with Gasteiger partial charge < -0.3 is 18.9 Å². The molecule has 5 unspecified atom stereocenters. The molecule has 0 radical (unpaired) electrons. The van der Waals surface area contributed by atoms with E-state index in [2.05, 4.69) is 55.4 Å². The smallest absolute Gasteiger partial charge is 0.0826 e. The lowest BCUT2D eigenvalue weighted by Gasteiger charge is -2.23. The molecule has 4 nitrogen and oxygen atoms in total. The summed E-state index contributed by atoms with van der Waals surface area (Å²) in [4.78, 5) is 0. The van der Waals surface area contributed by atoms with Gasteiger partial charge in [-0.2, -0.15) is 0 Å². The van der Waals surface area contributed by atoms with Gasteiger partial charge in [0.15, 0.2) is 0 Å². The van der Waals surface area contributed by atoms with Crippen molar-refractivity contribution in [1.29, 1.82) is 0 Å². The summed E-state index contributed by atoms with van der Waals surface area (Å²) >= 11 is 0. The van der Waals surface area contributed by atoms with Crippen LogP contribution in [0.2, 0.25) is 0 Å². The Bertz CT molecular complexity index is 638. The van der Waals surface area contributed by atoms with Crippen LogP contribution < -0.4 is 0 Å². The van der Waals surface area contributed by atoms with E-state index in [-0.39, 0.29) is 30.1 Å². The van der Waals surface area contributed by atoms with Crippen molar-refractivity contribution in [1.82, 2.24) is 0 Å². The van der Waals surface area contributed by atoms with Crippen molar-refractivity contribution in [2.75, 3.05) is 7.11 Å². The number of allylic oxidation sites excluding steroid dienone is 1. The normalized spacial score (nSPS) is 29.6. The summed E-state index contributed by atoms with van der Waals surface area (Å²) in [6.45, 7) is 0. The second-order valence-corrected chi connectivity index (χ2v) is 8.03. The van der Waals surface area contributed by atoms with E-state index >= 15 is 0 Å². The van der Waals surface area contributed by atoms with Crippen LogP contribution in [-0.4, -0.2) is 30.5 Å². The van der Waals surface area contributed by atoms with Gasteiger partial charge in [-0.05, 0) is 48.3 Å². The van der Waals surface area contributed by atoms with Crippen LogP contribution in [0.15, 0.2) is 48.8 Å². The highest BCUT2D eigenvalue weighted by Gasteiger charge is 2.41. The number of hydrogen-bond donors (Lipinski definition) is 1. The Kier molecular flexibility index (Phi) is 7.87. The average molecular weight is 408 g/mol. The molecular weight excluding hydrogens is 378 g/mol. The fourth-order valence-electron chi connectivity index (χ4n) is 4.51. The third-order valence-corrected chi connectivity index (χ3v) is 6.60. The summed E-state index contributed by atoms with van der Waals surface area (Å²) in [5, 5.41) is 10.5. The van der Waals surface area contributed by atoms with Crippen LogP contribution in [0.3, 0.4) is 0 Å². The van der Waals surface area contributed by atoms with Crippen molar-refractivity contribution in [3.05, 3.63) is 59.9 Å². The fourth-order valence-corrected chi connectivity index (χ4v) is 5.12. The number of rotatable bonds is 8. The van der Waals surface area contributed by atoms with Gasteiger partial charge in [0, 0.05) is 31.3 Å². The fraction of sp³-hybridized carbons (Fsp3) is 0.524. The molecule has 0 spiro atoms. The first-order chi connectivity index (χ1) is 13.2. The predicted octanol–water partition coefficient (Wildman–Crippen LogP) is 3.86. The standard InChI is InChI=1S/C21H30O4P2/c1-23-10-4-7-17-18(21(25-27)13-19(17)22)8-9-20(24-26)16-11-14-5-2-3-6-15(14)12-16/h2-6,8-10,16-22H,7,11-13,26-27H2,1H3/t17-,18-,19?,20?,21?/m1/s1. The molecule has 0 amide bonds. The molecule has 3 rings (SSSR count). The Labute approximate surface area is 166 Å². The minimum absolute atomic E-state index is 0.00636. The van der Waals surface area contributed by atoms with Crippen LogP contribution in [0.1, 0.15) is 24.0 Å². The lowest BCUT2D eigenvalue weighted by molar-refractivity contribution is 0.123. The highest BCUT2D eigenvalue weighted by Crippen LogP contribution is 2.39. The Morgan fingerprint density at radius 1 is 1.22 bits per heavy atom. The molecule has 1 N–H and O–H groups in total. The maximum Gasteiger partial charge on any atom is 0.0826 e. The van der Waals surface area contributed by atoms with E-state index in [0.717, 1.165) is 19.3 Å². The Morgan fingerprint density at radius 3 is 2.52 bits per heavy atom. The lowest BCUT2D eigenvalue weighted by atomic mass is 9.89. The molecule has 0 bridgehead atoms. The molecule has 2 aliphatic carbocycles. The minimum Gasteiger partial charge on any atom is -0.505 e. The van der Waals surface area contributed by atoms with Gasteiger partial charge in [-0.25, -0.2) is 0 Å². The zero-order chi connectivity index (χ0) is 19.2. The van der Waals surface area contributed by atoms with Crippen molar-refractivity contribution in [2.45, 2.75) is 44.0 Å². The Hall–Kier alpha value is -0.760. The maximum atomic E-state index is 10.5. The summed E-state index contributed by atoms with van der Waals surface area (Å²) in [6.07, 6.45) is 11.1. The van der Waals surface area contributed by atoms with Crippen molar-refractivity contribution < 1.29 is 18.9 Å². The third kappa shape index (κ3) is 5.00. The van der Waals surface area contributed by atoms with Crippen LogP contribution >= 0.6 is 18.9 Å². The molecule has 7 atom stereocenters. The number of fused-ring (bicyclic) bond motifs is 1.